The predicted molar refractivity (Wildman–Crippen MR) is 59.9 cm³/mol. The molecule has 0 heterocycles. The molecule has 0 aliphatic heterocycles. The van der Waals surface area contributed by atoms with E-state index in [0.717, 1.165) is 12.8 Å². The highest BCUT2D eigenvalue weighted by atomic mass is 16.4. The van der Waals surface area contributed by atoms with E-state index in [1.807, 2.05) is 6.92 Å². The van der Waals surface area contributed by atoms with E-state index in [1.54, 1.807) is 0 Å². The first kappa shape index (κ1) is 14.9. The molecule has 0 aromatic rings. The van der Waals surface area contributed by atoms with Gasteiger partial charge in [-0.2, -0.15) is 0 Å². The van der Waals surface area contributed by atoms with Crippen LogP contribution < -0.4 is 5.32 Å². The largest absolute Gasteiger partial charge is 0.481 e. The van der Waals surface area contributed by atoms with Crippen LogP contribution in [0.1, 0.15) is 33.1 Å². The van der Waals surface area contributed by atoms with Gasteiger partial charge in [-0.1, -0.05) is 13.3 Å². The minimum absolute atomic E-state index is 0.0923. The van der Waals surface area contributed by atoms with Crippen LogP contribution in [0.25, 0.3) is 0 Å². The van der Waals surface area contributed by atoms with Gasteiger partial charge in [-0.15, -0.1) is 0 Å². The smallest absolute Gasteiger partial charge is 0.315 e. The number of hydrogen-bond donors (Lipinski definition) is 3. The van der Waals surface area contributed by atoms with Gasteiger partial charge in [-0.25, -0.2) is 0 Å². The van der Waals surface area contributed by atoms with Crippen molar-refractivity contribution in [3.63, 3.8) is 0 Å². The lowest BCUT2D eigenvalue weighted by Gasteiger charge is -2.16. The first-order chi connectivity index (χ1) is 7.52. The number of aliphatic hydroxyl groups is 1. The molecule has 0 fully saturated rings. The molecule has 0 saturated carbocycles. The molecule has 2 unspecified atom stereocenters. The summed E-state index contributed by atoms with van der Waals surface area (Å²) in [5.74, 6) is -2.38. The van der Waals surface area contributed by atoms with E-state index < -0.39 is 17.8 Å². The van der Waals surface area contributed by atoms with Gasteiger partial charge in [0.05, 0.1) is 0 Å². The molecule has 94 valence electrons. The maximum absolute atomic E-state index is 11.3. The molecular formula is C11H21NO4. The van der Waals surface area contributed by atoms with Gasteiger partial charge >= 0.3 is 5.97 Å². The van der Waals surface area contributed by atoms with E-state index in [9.17, 15) is 9.59 Å². The van der Waals surface area contributed by atoms with E-state index in [2.05, 4.69) is 5.32 Å². The molecule has 0 spiro atoms. The van der Waals surface area contributed by atoms with E-state index in [4.69, 9.17) is 10.2 Å². The standard InChI is InChI=1S/C11H21NO4/c1-3-4-9(5-6-13)7-12-10(14)8(2)11(15)16/h8-9,13H,3-7H2,1-2H3,(H,12,14)(H,15,16). The number of carbonyl (C=O) groups excluding carboxylic acids is 1. The van der Waals surface area contributed by atoms with Crippen LogP contribution in [0, 0.1) is 11.8 Å². The van der Waals surface area contributed by atoms with Crippen LogP contribution in [0.5, 0.6) is 0 Å². The highest BCUT2D eigenvalue weighted by molar-refractivity contribution is 5.96. The molecule has 0 saturated heterocycles. The van der Waals surface area contributed by atoms with Gasteiger partial charge in [-0.3, -0.25) is 9.59 Å². The first-order valence-electron chi connectivity index (χ1n) is 5.64. The number of aliphatic hydroxyl groups excluding tert-OH is 1. The van der Waals surface area contributed by atoms with Crippen LogP contribution in [-0.2, 0) is 9.59 Å². The Morgan fingerprint density at radius 3 is 2.38 bits per heavy atom. The van der Waals surface area contributed by atoms with Gasteiger partial charge in [0.15, 0.2) is 0 Å². The molecule has 0 radical (unpaired) electrons. The normalized spacial score (nSPS) is 14.2. The molecule has 0 rings (SSSR count). The third kappa shape index (κ3) is 5.70. The molecular weight excluding hydrogens is 210 g/mol. The molecule has 0 bridgehead atoms. The molecule has 0 aliphatic rings. The monoisotopic (exact) mass is 231 g/mol. The first-order valence-corrected chi connectivity index (χ1v) is 5.64. The lowest BCUT2D eigenvalue weighted by molar-refractivity contribution is -0.146. The molecule has 2 atom stereocenters. The quantitative estimate of drug-likeness (QED) is 0.534. The van der Waals surface area contributed by atoms with Crippen LogP contribution in [-0.4, -0.2) is 35.2 Å². The second-order valence-electron chi connectivity index (χ2n) is 3.97. The number of carbonyl (C=O) groups is 2. The molecule has 3 N–H and O–H groups in total. The highest BCUT2D eigenvalue weighted by Gasteiger charge is 2.20. The molecule has 5 nitrogen and oxygen atoms in total. The third-order valence-electron chi connectivity index (χ3n) is 2.56. The average Bonchev–Trinajstić information content (AvgIpc) is 2.24. The Kier molecular flexibility index (Phi) is 7.54. The Morgan fingerprint density at radius 2 is 1.94 bits per heavy atom. The van der Waals surface area contributed by atoms with Crippen molar-refractivity contribution in [1.82, 2.24) is 5.32 Å². The summed E-state index contributed by atoms with van der Waals surface area (Å²) in [6, 6.07) is 0. The minimum atomic E-state index is -1.12. The summed E-state index contributed by atoms with van der Waals surface area (Å²) >= 11 is 0. The second-order valence-corrected chi connectivity index (χ2v) is 3.97. The predicted octanol–water partition coefficient (Wildman–Crippen LogP) is 0.622. The Labute approximate surface area is 95.9 Å². The summed E-state index contributed by atoms with van der Waals surface area (Å²) in [7, 11) is 0. The Hall–Kier alpha value is -1.10. The van der Waals surface area contributed by atoms with Gasteiger partial charge in [0.2, 0.25) is 5.91 Å². The van der Waals surface area contributed by atoms with Crippen molar-refractivity contribution in [2.75, 3.05) is 13.2 Å². The van der Waals surface area contributed by atoms with Gasteiger partial charge < -0.3 is 15.5 Å². The minimum Gasteiger partial charge on any atom is -0.481 e. The zero-order valence-corrected chi connectivity index (χ0v) is 9.90. The van der Waals surface area contributed by atoms with E-state index in [0.29, 0.717) is 13.0 Å². The molecule has 5 heteroatoms. The van der Waals surface area contributed by atoms with Gasteiger partial charge in [-0.05, 0) is 25.7 Å². The number of hydrogen-bond acceptors (Lipinski definition) is 3. The maximum atomic E-state index is 11.3. The van der Waals surface area contributed by atoms with Crippen molar-refractivity contribution in [3.05, 3.63) is 0 Å². The van der Waals surface area contributed by atoms with Crippen LogP contribution in [0.3, 0.4) is 0 Å². The summed E-state index contributed by atoms with van der Waals surface area (Å²) in [6.45, 7) is 3.92. The van der Waals surface area contributed by atoms with E-state index >= 15 is 0 Å². The summed E-state index contributed by atoms with van der Waals surface area (Å²) < 4.78 is 0. The van der Waals surface area contributed by atoms with E-state index in [1.165, 1.54) is 6.92 Å². The number of nitrogens with one attached hydrogen (secondary N) is 1. The van der Waals surface area contributed by atoms with Crippen LogP contribution in [0.2, 0.25) is 0 Å². The fourth-order valence-electron chi connectivity index (χ4n) is 1.45. The summed E-state index contributed by atoms with van der Waals surface area (Å²) in [6.07, 6.45) is 2.53. The number of carboxylic acid groups (broad SMARTS) is 1. The van der Waals surface area contributed by atoms with Gasteiger partial charge in [0.25, 0.3) is 0 Å². The summed E-state index contributed by atoms with van der Waals surface area (Å²) in [5, 5.41) is 20.0. The van der Waals surface area contributed by atoms with Crippen molar-refractivity contribution in [1.29, 1.82) is 0 Å². The summed E-state index contributed by atoms with van der Waals surface area (Å²) in [5.41, 5.74) is 0. The summed E-state index contributed by atoms with van der Waals surface area (Å²) in [4.78, 5) is 21.9. The maximum Gasteiger partial charge on any atom is 0.315 e. The lowest BCUT2D eigenvalue weighted by Crippen LogP contribution is -2.36. The highest BCUT2D eigenvalue weighted by Crippen LogP contribution is 2.09. The molecule has 0 aromatic heterocycles. The zero-order valence-electron chi connectivity index (χ0n) is 9.90. The van der Waals surface area contributed by atoms with Gasteiger partial charge in [0.1, 0.15) is 5.92 Å². The fourth-order valence-corrected chi connectivity index (χ4v) is 1.45. The number of rotatable bonds is 8. The number of amides is 1. The molecule has 16 heavy (non-hydrogen) atoms. The number of carboxylic acids is 1. The van der Waals surface area contributed by atoms with Crippen molar-refractivity contribution >= 4 is 11.9 Å². The Balaban J connectivity index is 3.99. The van der Waals surface area contributed by atoms with Crippen LogP contribution in [0.4, 0.5) is 0 Å². The lowest BCUT2D eigenvalue weighted by atomic mass is 10.00. The molecule has 1 amide bonds. The van der Waals surface area contributed by atoms with Crippen molar-refractivity contribution in [2.45, 2.75) is 33.1 Å². The molecule has 0 aliphatic carbocycles. The second kappa shape index (κ2) is 8.10. The van der Waals surface area contributed by atoms with Crippen molar-refractivity contribution in [2.24, 2.45) is 11.8 Å². The number of aliphatic carboxylic acids is 1. The van der Waals surface area contributed by atoms with Crippen LogP contribution in [0.15, 0.2) is 0 Å². The third-order valence-corrected chi connectivity index (χ3v) is 2.56. The average molecular weight is 231 g/mol. The topological polar surface area (TPSA) is 86.6 Å². The Bertz CT molecular complexity index is 224. The zero-order chi connectivity index (χ0) is 12.6. The van der Waals surface area contributed by atoms with Crippen molar-refractivity contribution < 1.29 is 19.8 Å². The van der Waals surface area contributed by atoms with Crippen molar-refractivity contribution in [3.8, 4) is 0 Å². The molecule has 0 aromatic carbocycles. The van der Waals surface area contributed by atoms with Crippen LogP contribution >= 0.6 is 0 Å². The van der Waals surface area contributed by atoms with Gasteiger partial charge in [0, 0.05) is 13.2 Å². The van der Waals surface area contributed by atoms with E-state index in [-0.39, 0.29) is 12.5 Å². The fraction of sp³-hybridized carbons (Fsp3) is 0.818. The SMILES string of the molecule is CCCC(CCO)CNC(=O)C(C)C(=O)O. The Morgan fingerprint density at radius 1 is 1.31 bits per heavy atom.